The first-order valence-corrected chi connectivity index (χ1v) is 9.96. The number of nitrogens with one attached hydrogen (secondary N) is 2. The van der Waals surface area contributed by atoms with Crippen LogP contribution in [0.1, 0.15) is 10.4 Å². The third-order valence-electron chi connectivity index (χ3n) is 4.21. The van der Waals surface area contributed by atoms with E-state index in [0.717, 1.165) is 21.7 Å². The summed E-state index contributed by atoms with van der Waals surface area (Å²) >= 11 is 7.24. The van der Waals surface area contributed by atoms with Crippen molar-refractivity contribution in [3.05, 3.63) is 64.0 Å². The van der Waals surface area contributed by atoms with Crippen LogP contribution >= 0.6 is 22.9 Å². The second kappa shape index (κ2) is 8.06. The number of rotatable bonds is 4. The predicted octanol–water partition coefficient (Wildman–Crippen LogP) is 4.75. The van der Waals surface area contributed by atoms with Crippen molar-refractivity contribution in [2.75, 3.05) is 17.2 Å². The number of aromatic nitrogens is 1. The Labute approximate surface area is 176 Å². The molecular formula is C21H16ClN3O3S. The van der Waals surface area contributed by atoms with Crippen molar-refractivity contribution < 1.29 is 14.3 Å². The number of carbonyl (C=O) groups is 2. The molecule has 0 atom stereocenters. The first kappa shape index (κ1) is 19.2. The van der Waals surface area contributed by atoms with E-state index in [4.69, 9.17) is 16.3 Å². The molecule has 0 bridgehead atoms. The smallest absolute Gasteiger partial charge is 0.262 e. The molecule has 8 heteroatoms. The number of carbonyl (C=O) groups excluding carboxylic acids is 2. The maximum Gasteiger partial charge on any atom is 0.262 e. The summed E-state index contributed by atoms with van der Waals surface area (Å²) in [5.74, 6) is 0.165. The highest BCUT2D eigenvalue weighted by Gasteiger charge is 2.18. The van der Waals surface area contributed by atoms with Gasteiger partial charge in [0.15, 0.2) is 11.7 Å². The largest absolute Gasteiger partial charge is 0.482 e. The highest BCUT2D eigenvalue weighted by molar-refractivity contribution is 7.16. The van der Waals surface area contributed by atoms with Gasteiger partial charge in [0.1, 0.15) is 5.75 Å². The van der Waals surface area contributed by atoms with E-state index in [1.54, 1.807) is 24.3 Å². The van der Waals surface area contributed by atoms with Crippen molar-refractivity contribution in [1.82, 2.24) is 4.98 Å². The first-order chi connectivity index (χ1) is 14.0. The monoisotopic (exact) mass is 425 g/mol. The molecule has 0 saturated heterocycles. The number of hydrogen-bond donors (Lipinski definition) is 2. The van der Waals surface area contributed by atoms with Crippen LogP contribution in [-0.4, -0.2) is 23.4 Å². The van der Waals surface area contributed by atoms with Gasteiger partial charge >= 0.3 is 0 Å². The molecule has 2 N–H and O–H groups in total. The van der Waals surface area contributed by atoms with Crippen LogP contribution in [0.5, 0.6) is 5.75 Å². The fourth-order valence-corrected chi connectivity index (χ4v) is 3.81. The zero-order chi connectivity index (χ0) is 20.4. The molecule has 1 aromatic heterocycles. The molecular weight excluding hydrogens is 410 g/mol. The number of thiazole rings is 1. The minimum absolute atomic E-state index is 0.0157. The minimum Gasteiger partial charge on any atom is -0.482 e. The Kier molecular flexibility index (Phi) is 5.33. The maximum absolute atomic E-state index is 12.2. The van der Waals surface area contributed by atoms with Crippen molar-refractivity contribution >= 4 is 51.6 Å². The molecule has 0 aliphatic carbocycles. The molecule has 2 aromatic carbocycles. The molecule has 1 aliphatic rings. The zero-order valence-corrected chi connectivity index (χ0v) is 16.9. The van der Waals surface area contributed by atoms with Crippen molar-refractivity contribution in [3.8, 4) is 17.0 Å². The quantitative estimate of drug-likeness (QED) is 0.591. The van der Waals surface area contributed by atoms with Gasteiger partial charge in [-0.1, -0.05) is 23.7 Å². The number of fused-ring (bicyclic) bond motifs is 1. The number of benzene rings is 2. The van der Waals surface area contributed by atoms with Crippen molar-refractivity contribution in [1.29, 1.82) is 0 Å². The van der Waals surface area contributed by atoms with Crippen molar-refractivity contribution in [3.63, 3.8) is 0 Å². The predicted molar refractivity (Wildman–Crippen MR) is 116 cm³/mol. The fourth-order valence-electron chi connectivity index (χ4n) is 2.84. The van der Waals surface area contributed by atoms with E-state index in [2.05, 4.69) is 15.6 Å². The van der Waals surface area contributed by atoms with Crippen molar-refractivity contribution in [2.24, 2.45) is 0 Å². The summed E-state index contributed by atoms with van der Waals surface area (Å²) in [6.45, 7) is 1.95. The normalized spacial score (nSPS) is 13.0. The lowest BCUT2D eigenvalue weighted by Crippen LogP contribution is -2.25. The molecule has 3 aromatic rings. The SMILES string of the molecule is Cc1sc(NC(=O)/C=C/c2ccc(Cl)cc2)nc1-c1ccc2c(c1)NC(=O)CO2. The van der Waals surface area contributed by atoms with E-state index in [1.807, 2.05) is 31.2 Å². The van der Waals surface area contributed by atoms with Gasteiger partial charge in [-0.05, 0) is 48.9 Å². The Balaban J connectivity index is 1.49. The molecule has 6 nitrogen and oxygen atoms in total. The molecule has 146 valence electrons. The molecule has 0 saturated carbocycles. The number of amides is 2. The Hall–Kier alpha value is -3.16. The Bertz CT molecular complexity index is 1120. The molecule has 0 fully saturated rings. The fraction of sp³-hybridized carbons (Fsp3) is 0.0952. The molecule has 4 rings (SSSR count). The lowest BCUT2D eigenvalue weighted by molar-refractivity contribution is -0.118. The van der Waals surface area contributed by atoms with Crippen LogP contribution in [0.25, 0.3) is 17.3 Å². The summed E-state index contributed by atoms with van der Waals surface area (Å²) in [5.41, 5.74) is 3.07. The molecule has 0 radical (unpaired) electrons. The summed E-state index contributed by atoms with van der Waals surface area (Å²) in [6, 6.07) is 12.7. The average Bonchev–Trinajstić information content (AvgIpc) is 3.07. The molecule has 1 aliphatic heterocycles. The maximum atomic E-state index is 12.2. The molecule has 2 heterocycles. The van der Waals surface area contributed by atoms with Crippen LogP contribution in [-0.2, 0) is 9.59 Å². The summed E-state index contributed by atoms with van der Waals surface area (Å²) in [6.07, 6.45) is 3.16. The number of ether oxygens (including phenoxy) is 1. The minimum atomic E-state index is -0.272. The molecule has 0 unspecified atom stereocenters. The number of nitrogens with zero attached hydrogens (tertiary/aromatic N) is 1. The number of aryl methyl sites for hydroxylation is 1. The standard InChI is InChI=1S/C21H16ClN3O3S/c1-12-20(14-5-8-17-16(10-14)23-19(27)11-28-17)25-21(29-12)24-18(26)9-4-13-2-6-15(22)7-3-13/h2-10H,11H2,1H3,(H,23,27)(H,24,25,26)/b9-4+. The third kappa shape index (κ3) is 4.47. The Morgan fingerprint density at radius 2 is 2.07 bits per heavy atom. The molecule has 2 amide bonds. The second-order valence-electron chi connectivity index (χ2n) is 6.35. The van der Waals surface area contributed by atoms with E-state index >= 15 is 0 Å². The Morgan fingerprint density at radius 1 is 1.28 bits per heavy atom. The van der Waals surface area contributed by atoms with Gasteiger partial charge in [0.05, 0.1) is 11.4 Å². The van der Waals surface area contributed by atoms with Crippen LogP contribution in [0.4, 0.5) is 10.8 Å². The lowest BCUT2D eigenvalue weighted by atomic mass is 10.1. The van der Waals surface area contributed by atoms with E-state index in [1.165, 1.54) is 17.4 Å². The van der Waals surface area contributed by atoms with E-state index in [0.29, 0.717) is 21.6 Å². The van der Waals surface area contributed by atoms with Gasteiger partial charge in [0.2, 0.25) is 5.91 Å². The summed E-state index contributed by atoms with van der Waals surface area (Å²) < 4.78 is 5.38. The topological polar surface area (TPSA) is 80.3 Å². The number of halogens is 1. The first-order valence-electron chi connectivity index (χ1n) is 8.77. The van der Waals surface area contributed by atoms with Crippen LogP contribution < -0.4 is 15.4 Å². The van der Waals surface area contributed by atoms with Crippen LogP contribution in [0, 0.1) is 6.92 Å². The summed E-state index contributed by atoms with van der Waals surface area (Å²) in [5, 5.41) is 6.72. The van der Waals surface area contributed by atoms with E-state index in [9.17, 15) is 9.59 Å². The van der Waals surface area contributed by atoms with Crippen LogP contribution in [0.15, 0.2) is 48.5 Å². The van der Waals surface area contributed by atoms with Gasteiger partial charge in [-0.3, -0.25) is 14.9 Å². The van der Waals surface area contributed by atoms with Gasteiger partial charge < -0.3 is 10.1 Å². The van der Waals surface area contributed by atoms with Gasteiger partial charge in [-0.25, -0.2) is 4.98 Å². The number of anilines is 2. The molecule has 29 heavy (non-hydrogen) atoms. The van der Waals surface area contributed by atoms with Crippen molar-refractivity contribution in [2.45, 2.75) is 6.92 Å². The van der Waals surface area contributed by atoms with Gasteiger partial charge in [0.25, 0.3) is 5.91 Å². The van der Waals surface area contributed by atoms with E-state index < -0.39 is 0 Å². The summed E-state index contributed by atoms with van der Waals surface area (Å²) in [4.78, 5) is 29.2. The highest BCUT2D eigenvalue weighted by Crippen LogP contribution is 2.36. The van der Waals surface area contributed by atoms with Gasteiger partial charge in [0, 0.05) is 21.5 Å². The van der Waals surface area contributed by atoms with Gasteiger partial charge in [-0.15, -0.1) is 11.3 Å². The van der Waals surface area contributed by atoms with Gasteiger partial charge in [-0.2, -0.15) is 0 Å². The average molecular weight is 426 g/mol. The lowest BCUT2D eigenvalue weighted by Gasteiger charge is -2.18. The Morgan fingerprint density at radius 3 is 2.86 bits per heavy atom. The number of hydrogen-bond acceptors (Lipinski definition) is 5. The highest BCUT2D eigenvalue weighted by atomic mass is 35.5. The third-order valence-corrected chi connectivity index (χ3v) is 5.35. The van der Waals surface area contributed by atoms with Crippen LogP contribution in [0.3, 0.4) is 0 Å². The molecule has 0 spiro atoms. The van der Waals surface area contributed by atoms with Crippen LogP contribution in [0.2, 0.25) is 5.02 Å². The second-order valence-corrected chi connectivity index (χ2v) is 7.99. The zero-order valence-electron chi connectivity index (χ0n) is 15.4. The van der Waals surface area contributed by atoms with E-state index in [-0.39, 0.29) is 18.4 Å². The summed E-state index contributed by atoms with van der Waals surface area (Å²) in [7, 11) is 0.